The minimum Gasteiger partial charge on any atom is -0.312 e. The zero-order valence-electron chi connectivity index (χ0n) is 10.5. The van der Waals surface area contributed by atoms with Crippen LogP contribution in [0.3, 0.4) is 0 Å². The van der Waals surface area contributed by atoms with Crippen molar-refractivity contribution in [1.82, 2.24) is 20.1 Å². The van der Waals surface area contributed by atoms with Crippen molar-refractivity contribution in [2.45, 2.75) is 26.8 Å². The number of hydrogen-bond donors (Lipinski definition) is 1. The van der Waals surface area contributed by atoms with Crippen LogP contribution in [-0.2, 0) is 20.0 Å². The summed E-state index contributed by atoms with van der Waals surface area (Å²) in [5.74, 6) is 0. The second kappa shape index (κ2) is 5.42. The largest absolute Gasteiger partial charge is 0.312 e. The third-order valence-electron chi connectivity index (χ3n) is 3.03. The molecule has 2 heterocycles. The summed E-state index contributed by atoms with van der Waals surface area (Å²) in [6.07, 6.45) is 2.98. The summed E-state index contributed by atoms with van der Waals surface area (Å²) in [6, 6.07) is 0. The molecule has 0 fully saturated rings. The standard InChI is InChI=1S/C12H18N4S/c1-9-12(17-8-14-9)4-5-13-6-11-7-15-16(3)10(11)2/h7-8,13H,4-6H2,1-3H3. The first-order valence-corrected chi connectivity index (χ1v) is 6.63. The SMILES string of the molecule is Cc1ncsc1CCNCc1cnn(C)c1C. The van der Waals surface area contributed by atoms with Gasteiger partial charge in [0.2, 0.25) is 0 Å². The van der Waals surface area contributed by atoms with Gasteiger partial charge in [0, 0.05) is 36.3 Å². The Bertz CT molecular complexity index is 486. The summed E-state index contributed by atoms with van der Waals surface area (Å²) >= 11 is 1.74. The third-order valence-corrected chi connectivity index (χ3v) is 4.02. The average molecular weight is 250 g/mol. The van der Waals surface area contributed by atoms with E-state index >= 15 is 0 Å². The summed E-state index contributed by atoms with van der Waals surface area (Å²) in [5.41, 5.74) is 5.57. The van der Waals surface area contributed by atoms with Crippen LogP contribution >= 0.6 is 11.3 Å². The Labute approximate surface area is 106 Å². The molecule has 0 amide bonds. The Morgan fingerprint density at radius 3 is 2.82 bits per heavy atom. The maximum Gasteiger partial charge on any atom is 0.0797 e. The van der Waals surface area contributed by atoms with E-state index in [9.17, 15) is 0 Å². The van der Waals surface area contributed by atoms with Crippen molar-refractivity contribution in [2.75, 3.05) is 6.54 Å². The van der Waals surface area contributed by atoms with Gasteiger partial charge < -0.3 is 5.32 Å². The van der Waals surface area contributed by atoms with Gasteiger partial charge in [-0.3, -0.25) is 4.68 Å². The molecule has 0 atom stereocenters. The van der Waals surface area contributed by atoms with E-state index in [1.807, 2.05) is 23.4 Å². The topological polar surface area (TPSA) is 42.7 Å². The summed E-state index contributed by atoms with van der Waals surface area (Å²) in [5, 5.41) is 7.67. The van der Waals surface area contributed by atoms with Gasteiger partial charge in [0.05, 0.1) is 17.4 Å². The second-order valence-electron chi connectivity index (χ2n) is 4.17. The van der Waals surface area contributed by atoms with E-state index in [2.05, 4.69) is 29.2 Å². The molecule has 0 spiro atoms. The van der Waals surface area contributed by atoms with Gasteiger partial charge in [-0.05, 0) is 20.3 Å². The summed E-state index contributed by atoms with van der Waals surface area (Å²) in [7, 11) is 1.97. The van der Waals surface area contributed by atoms with Gasteiger partial charge in [-0.25, -0.2) is 4.98 Å². The first-order chi connectivity index (χ1) is 8.18. The molecule has 5 heteroatoms. The molecule has 0 aliphatic rings. The molecular formula is C12H18N4S. The van der Waals surface area contributed by atoms with Crippen LogP contribution < -0.4 is 5.32 Å². The highest BCUT2D eigenvalue weighted by molar-refractivity contribution is 7.09. The van der Waals surface area contributed by atoms with Crippen LogP contribution in [0.15, 0.2) is 11.7 Å². The molecule has 92 valence electrons. The van der Waals surface area contributed by atoms with Crippen LogP contribution in [0.1, 0.15) is 21.8 Å². The Kier molecular flexibility index (Phi) is 3.91. The Hall–Kier alpha value is -1.20. The third kappa shape index (κ3) is 2.92. The zero-order chi connectivity index (χ0) is 12.3. The lowest BCUT2D eigenvalue weighted by molar-refractivity contribution is 0.681. The van der Waals surface area contributed by atoms with Gasteiger partial charge >= 0.3 is 0 Å². The molecule has 0 radical (unpaired) electrons. The van der Waals surface area contributed by atoms with Crippen LogP contribution in [-0.4, -0.2) is 21.3 Å². The number of thiazole rings is 1. The minimum atomic E-state index is 0.886. The normalized spacial score (nSPS) is 11.0. The van der Waals surface area contributed by atoms with Crippen molar-refractivity contribution >= 4 is 11.3 Å². The van der Waals surface area contributed by atoms with Gasteiger partial charge in [-0.1, -0.05) is 0 Å². The van der Waals surface area contributed by atoms with E-state index < -0.39 is 0 Å². The highest BCUT2D eigenvalue weighted by atomic mass is 32.1. The molecule has 0 saturated carbocycles. The lowest BCUT2D eigenvalue weighted by Gasteiger charge is -2.04. The Balaban J connectivity index is 1.77. The fraction of sp³-hybridized carbons (Fsp3) is 0.500. The highest BCUT2D eigenvalue weighted by Crippen LogP contribution is 2.12. The van der Waals surface area contributed by atoms with E-state index in [-0.39, 0.29) is 0 Å². The Morgan fingerprint density at radius 2 is 2.24 bits per heavy atom. The smallest absolute Gasteiger partial charge is 0.0797 e. The highest BCUT2D eigenvalue weighted by Gasteiger charge is 2.04. The van der Waals surface area contributed by atoms with Gasteiger partial charge in [0.1, 0.15) is 0 Å². The molecule has 0 saturated heterocycles. The van der Waals surface area contributed by atoms with Crippen LogP contribution in [0.4, 0.5) is 0 Å². The minimum absolute atomic E-state index is 0.886. The summed E-state index contributed by atoms with van der Waals surface area (Å²) in [6.45, 7) is 6.03. The monoisotopic (exact) mass is 250 g/mol. The molecule has 0 bridgehead atoms. The average Bonchev–Trinajstić information content (AvgIpc) is 2.85. The number of rotatable bonds is 5. The zero-order valence-corrected chi connectivity index (χ0v) is 11.3. The molecular weight excluding hydrogens is 232 g/mol. The molecule has 0 aromatic carbocycles. The maximum absolute atomic E-state index is 4.25. The second-order valence-corrected chi connectivity index (χ2v) is 5.11. The van der Waals surface area contributed by atoms with Crippen LogP contribution in [0.25, 0.3) is 0 Å². The number of aromatic nitrogens is 3. The fourth-order valence-corrected chi connectivity index (χ4v) is 2.49. The first-order valence-electron chi connectivity index (χ1n) is 5.75. The lowest BCUT2D eigenvalue weighted by Crippen LogP contribution is -2.17. The predicted molar refractivity (Wildman–Crippen MR) is 70.2 cm³/mol. The number of aryl methyl sites for hydroxylation is 2. The molecule has 2 aromatic rings. The van der Waals surface area contributed by atoms with Gasteiger partial charge in [-0.15, -0.1) is 11.3 Å². The van der Waals surface area contributed by atoms with Crippen LogP contribution in [0.2, 0.25) is 0 Å². The van der Waals surface area contributed by atoms with Gasteiger partial charge in [-0.2, -0.15) is 5.10 Å². The maximum atomic E-state index is 4.25. The molecule has 0 aliphatic carbocycles. The number of hydrogen-bond acceptors (Lipinski definition) is 4. The molecule has 4 nitrogen and oxygen atoms in total. The van der Waals surface area contributed by atoms with Crippen molar-refractivity contribution in [3.8, 4) is 0 Å². The molecule has 0 unspecified atom stereocenters. The van der Waals surface area contributed by atoms with Crippen molar-refractivity contribution < 1.29 is 0 Å². The van der Waals surface area contributed by atoms with E-state index in [4.69, 9.17) is 0 Å². The lowest BCUT2D eigenvalue weighted by atomic mass is 10.2. The number of nitrogens with zero attached hydrogens (tertiary/aromatic N) is 3. The van der Waals surface area contributed by atoms with E-state index in [0.29, 0.717) is 0 Å². The van der Waals surface area contributed by atoms with Crippen LogP contribution in [0.5, 0.6) is 0 Å². The first kappa shape index (κ1) is 12.3. The number of nitrogens with one attached hydrogen (secondary N) is 1. The summed E-state index contributed by atoms with van der Waals surface area (Å²) in [4.78, 5) is 5.62. The van der Waals surface area contributed by atoms with Gasteiger partial charge in [0.15, 0.2) is 0 Å². The molecule has 0 aliphatic heterocycles. The van der Waals surface area contributed by atoms with Crippen LogP contribution in [0, 0.1) is 13.8 Å². The molecule has 17 heavy (non-hydrogen) atoms. The van der Waals surface area contributed by atoms with E-state index in [0.717, 1.165) is 25.2 Å². The summed E-state index contributed by atoms with van der Waals surface area (Å²) < 4.78 is 1.91. The van der Waals surface area contributed by atoms with Crippen molar-refractivity contribution in [2.24, 2.45) is 7.05 Å². The van der Waals surface area contributed by atoms with Crippen molar-refractivity contribution in [3.63, 3.8) is 0 Å². The van der Waals surface area contributed by atoms with Crippen molar-refractivity contribution in [1.29, 1.82) is 0 Å². The van der Waals surface area contributed by atoms with Crippen molar-refractivity contribution in [3.05, 3.63) is 33.5 Å². The fourth-order valence-electron chi connectivity index (χ4n) is 1.71. The predicted octanol–water partition coefficient (Wildman–Crippen LogP) is 1.83. The molecule has 2 aromatic heterocycles. The van der Waals surface area contributed by atoms with E-state index in [1.54, 1.807) is 11.3 Å². The Morgan fingerprint density at radius 1 is 1.41 bits per heavy atom. The van der Waals surface area contributed by atoms with E-state index in [1.165, 1.54) is 16.1 Å². The molecule has 2 rings (SSSR count). The quantitative estimate of drug-likeness (QED) is 0.823. The molecule has 1 N–H and O–H groups in total. The van der Waals surface area contributed by atoms with Gasteiger partial charge in [0.25, 0.3) is 0 Å².